The van der Waals surface area contributed by atoms with Gasteiger partial charge in [0.25, 0.3) is 6.29 Å². The van der Waals surface area contributed by atoms with Crippen molar-refractivity contribution in [1.82, 2.24) is 0 Å². The van der Waals surface area contributed by atoms with Crippen molar-refractivity contribution >= 4 is 35.4 Å². The summed E-state index contributed by atoms with van der Waals surface area (Å²) in [5.41, 5.74) is -1.52. The van der Waals surface area contributed by atoms with E-state index < -0.39 is 59.6 Å². The number of carbonyl (C=O) groups is 5. The van der Waals surface area contributed by atoms with E-state index in [1.807, 2.05) is 0 Å². The van der Waals surface area contributed by atoms with Crippen molar-refractivity contribution in [3.63, 3.8) is 0 Å². The highest BCUT2D eigenvalue weighted by Crippen LogP contribution is 2.55. The summed E-state index contributed by atoms with van der Waals surface area (Å²) in [5, 5.41) is 0. The topological polar surface area (TPSA) is 126 Å². The highest BCUT2D eigenvalue weighted by molar-refractivity contribution is 6.25. The Kier molecular flexibility index (Phi) is 5.33. The Morgan fingerprint density at radius 2 is 1.75 bits per heavy atom. The zero-order valence-corrected chi connectivity index (χ0v) is 17.6. The van der Waals surface area contributed by atoms with Crippen LogP contribution in [-0.2, 0) is 38.1 Å². The summed E-state index contributed by atoms with van der Waals surface area (Å²) < 4.78 is 21.3. The highest BCUT2D eigenvalue weighted by atomic mass is 16.7. The van der Waals surface area contributed by atoms with E-state index >= 15 is 0 Å². The van der Waals surface area contributed by atoms with Crippen LogP contribution < -0.4 is 4.90 Å². The first kappa shape index (κ1) is 21.7. The van der Waals surface area contributed by atoms with Crippen molar-refractivity contribution in [1.29, 1.82) is 0 Å². The van der Waals surface area contributed by atoms with Gasteiger partial charge in [-0.3, -0.25) is 19.2 Å². The van der Waals surface area contributed by atoms with Crippen LogP contribution in [0.1, 0.15) is 31.1 Å². The monoisotopic (exact) mass is 443 g/mol. The first-order valence-electron chi connectivity index (χ1n) is 10.1. The number of rotatable bonds is 6. The molecule has 3 aliphatic heterocycles. The number of imide groups is 1. The van der Waals surface area contributed by atoms with E-state index in [-0.39, 0.29) is 17.9 Å². The lowest BCUT2D eigenvalue weighted by molar-refractivity contribution is -0.226. The Hall–Kier alpha value is -3.53. The third-order valence-electron chi connectivity index (χ3n) is 5.63. The Labute approximate surface area is 183 Å². The van der Waals surface area contributed by atoms with E-state index in [0.29, 0.717) is 0 Å². The molecule has 2 bridgehead atoms. The van der Waals surface area contributed by atoms with Gasteiger partial charge in [-0.2, -0.15) is 0 Å². The molecule has 4 atom stereocenters. The number of nitrogens with zero attached hydrogens (tertiary/aromatic N) is 1. The molecule has 0 unspecified atom stereocenters. The third-order valence-corrected chi connectivity index (χ3v) is 5.63. The molecule has 0 aromatic heterocycles. The zero-order valence-electron chi connectivity index (χ0n) is 17.6. The molecule has 0 aliphatic carbocycles. The van der Waals surface area contributed by atoms with Crippen LogP contribution in [0, 0.1) is 11.8 Å². The SMILES string of the molecule is CCOC(=O)c1ccccc1N1C(=O)[C@H]2[C@@H](C1=O)[C@]1(C(OC(C)=O)OC(C)=O)C=C[C@H]2O1. The first-order valence-corrected chi connectivity index (χ1v) is 10.1. The summed E-state index contributed by atoms with van der Waals surface area (Å²) in [6.45, 7) is 4.01. The van der Waals surface area contributed by atoms with E-state index in [1.54, 1.807) is 25.1 Å². The molecule has 2 amide bonds. The van der Waals surface area contributed by atoms with Gasteiger partial charge in [-0.15, -0.1) is 0 Å². The van der Waals surface area contributed by atoms with Gasteiger partial charge < -0.3 is 18.9 Å². The summed E-state index contributed by atoms with van der Waals surface area (Å²) in [5.74, 6) is -5.47. The van der Waals surface area contributed by atoms with Crippen LogP contribution in [0.5, 0.6) is 0 Å². The lowest BCUT2D eigenvalue weighted by atomic mass is 9.76. The van der Waals surface area contributed by atoms with Crippen molar-refractivity contribution in [2.75, 3.05) is 11.5 Å². The zero-order chi connectivity index (χ0) is 23.2. The van der Waals surface area contributed by atoms with Gasteiger partial charge in [-0.1, -0.05) is 18.2 Å². The minimum Gasteiger partial charge on any atom is -0.462 e. The fourth-order valence-electron chi connectivity index (χ4n) is 4.50. The van der Waals surface area contributed by atoms with E-state index in [0.717, 1.165) is 18.7 Å². The van der Waals surface area contributed by atoms with Crippen LogP contribution >= 0.6 is 0 Å². The molecule has 3 aliphatic rings. The second kappa shape index (κ2) is 7.86. The minimum absolute atomic E-state index is 0.0582. The molecule has 168 valence electrons. The summed E-state index contributed by atoms with van der Waals surface area (Å²) in [6, 6.07) is 6.12. The maximum absolute atomic E-state index is 13.6. The number of ether oxygens (including phenoxy) is 4. The molecule has 32 heavy (non-hydrogen) atoms. The van der Waals surface area contributed by atoms with Gasteiger partial charge in [0.1, 0.15) is 0 Å². The molecule has 3 heterocycles. The first-order chi connectivity index (χ1) is 15.2. The van der Waals surface area contributed by atoms with Gasteiger partial charge in [-0.25, -0.2) is 9.69 Å². The van der Waals surface area contributed by atoms with E-state index in [9.17, 15) is 24.0 Å². The molecule has 0 N–H and O–H groups in total. The normalized spacial score (nSPS) is 27.6. The molecule has 0 spiro atoms. The van der Waals surface area contributed by atoms with Crippen LogP contribution in [0.3, 0.4) is 0 Å². The summed E-state index contributed by atoms with van der Waals surface area (Å²) >= 11 is 0. The third kappa shape index (κ3) is 3.18. The minimum atomic E-state index is -1.66. The number of hydrogen-bond acceptors (Lipinski definition) is 9. The quantitative estimate of drug-likeness (QED) is 0.275. The fraction of sp³-hybridized carbons (Fsp3) is 0.409. The van der Waals surface area contributed by atoms with Crippen LogP contribution in [0.25, 0.3) is 0 Å². The van der Waals surface area contributed by atoms with Gasteiger partial charge in [0.2, 0.25) is 11.8 Å². The number of esters is 3. The Balaban J connectivity index is 1.76. The number of amides is 2. The number of para-hydroxylation sites is 1. The smallest absolute Gasteiger partial charge is 0.340 e. The lowest BCUT2D eigenvalue weighted by Crippen LogP contribution is -2.52. The van der Waals surface area contributed by atoms with E-state index in [1.165, 1.54) is 18.2 Å². The number of fused-ring (bicyclic) bond motifs is 5. The molecule has 10 nitrogen and oxygen atoms in total. The predicted molar refractivity (Wildman–Crippen MR) is 106 cm³/mol. The second-order valence-corrected chi connectivity index (χ2v) is 7.60. The average Bonchev–Trinajstić information content (AvgIpc) is 3.38. The standard InChI is InChI=1S/C22H21NO9/c1-4-29-20(28)13-7-5-6-8-14(13)23-18(26)16-15-9-10-22(32-15,17(16)19(23)27)21(30-11(2)24)31-12(3)25/h5-10,15-17,21H,4H2,1-3H3/t15-,16-,17+,22+/m1/s1. The summed E-state index contributed by atoms with van der Waals surface area (Å²) in [6.07, 6.45) is 0.713. The summed E-state index contributed by atoms with van der Waals surface area (Å²) in [7, 11) is 0. The largest absolute Gasteiger partial charge is 0.462 e. The highest BCUT2D eigenvalue weighted by Gasteiger charge is 2.72. The van der Waals surface area contributed by atoms with Crippen molar-refractivity contribution in [3.8, 4) is 0 Å². The van der Waals surface area contributed by atoms with Gasteiger partial charge in [0, 0.05) is 13.8 Å². The molecule has 2 fully saturated rings. The van der Waals surface area contributed by atoms with Crippen molar-refractivity contribution < 1.29 is 42.9 Å². The maximum Gasteiger partial charge on any atom is 0.340 e. The van der Waals surface area contributed by atoms with Gasteiger partial charge in [-0.05, 0) is 25.1 Å². The lowest BCUT2D eigenvalue weighted by Gasteiger charge is -2.34. The molecule has 0 radical (unpaired) electrons. The fourth-order valence-corrected chi connectivity index (χ4v) is 4.50. The van der Waals surface area contributed by atoms with E-state index in [4.69, 9.17) is 18.9 Å². The molecular weight excluding hydrogens is 422 g/mol. The number of anilines is 1. The van der Waals surface area contributed by atoms with Crippen molar-refractivity contribution in [3.05, 3.63) is 42.0 Å². The van der Waals surface area contributed by atoms with Crippen LogP contribution in [0.4, 0.5) is 5.69 Å². The van der Waals surface area contributed by atoms with Crippen molar-refractivity contribution in [2.24, 2.45) is 11.8 Å². The van der Waals surface area contributed by atoms with Crippen LogP contribution in [0.2, 0.25) is 0 Å². The van der Waals surface area contributed by atoms with E-state index in [2.05, 4.69) is 0 Å². The number of carbonyl (C=O) groups excluding carboxylic acids is 5. The molecule has 2 saturated heterocycles. The van der Waals surface area contributed by atoms with Gasteiger partial charge in [0.05, 0.1) is 35.8 Å². The Bertz CT molecular complexity index is 1030. The molecule has 1 aromatic rings. The number of benzene rings is 1. The molecule has 4 rings (SSSR count). The Morgan fingerprint density at radius 3 is 2.38 bits per heavy atom. The molecule has 1 aromatic carbocycles. The number of hydrogen-bond donors (Lipinski definition) is 0. The van der Waals surface area contributed by atoms with Crippen molar-refractivity contribution in [2.45, 2.75) is 38.8 Å². The Morgan fingerprint density at radius 1 is 1.09 bits per heavy atom. The summed E-state index contributed by atoms with van der Waals surface area (Å²) in [4.78, 5) is 63.6. The predicted octanol–water partition coefficient (Wildman–Crippen LogP) is 1.13. The second-order valence-electron chi connectivity index (χ2n) is 7.60. The van der Waals surface area contributed by atoms with Crippen LogP contribution in [0.15, 0.2) is 36.4 Å². The van der Waals surface area contributed by atoms with Gasteiger partial charge >= 0.3 is 17.9 Å². The molecule has 10 heteroatoms. The van der Waals surface area contributed by atoms with Gasteiger partial charge in [0.15, 0.2) is 5.60 Å². The molecular formula is C22H21NO9. The molecule has 0 saturated carbocycles. The van der Waals surface area contributed by atoms with Crippen LogP contribution in [-0.4, -0.2) is 54.3 Å². The average molecular weight is 443 g/mol. The maximum atomic E-state index is 13.6.